The van der Waals surface area contributed by atoms with Gasteiger partial charge >= 0.3 is 12.1 Å². The summed E-state index contributed by atoms with van der Waals surface area (Å²) in [5.74, 6) is -2.28. The van der Waals surface area contributed by atoms with Gasteiger partial charge in [0.2, 0.25) is 10.0 Å². The molecule has 30 heavy (non-hydrogen) atoms. The van der Waals surface area contributed by atoms with Crippen molar-refractivity contribution >= 4 is 37.8 Å². The number of nitrogen functional groups attached to an aromatic ring is 1. The van der Waals surface area contributed by atoms with Gasteiger partial charge in [-0.3, -0.25) is 5.41 Å². The van der Waals surface area contributed by atoms with Crippen LogP contribution in [0.15, 0.2) is 57.9 Å². The number of hydrogen-bond donors (Lipinski definition) is 4. The number of halogens is 4. The summed E-state index contributed by atoms with van der Waals surface area (Å²) in [5, 5.41) is 14.5. The number of carboxylic acid groups (broad SMARTS) is 1. The van der Waals surface area contributed by atoms with Gasteiger partial charge in [0.15, 0.2) is 0 Å². The smallest absolute Gasteiger partial charge is 0.490 e. The Morgan fingerprint density at radius 1 is 1.20 bits per heavy atom. The lowest BCUT2D eigenvalue weighted by Gasteiger charge is -2.09. The van der Waals surface area contributed by atoms with Gasteiger partial charge in [0, 0.05) is 16.6 Å². The highest BCUT2D eigenvalue weighted by Crippen LogP contribution is 2.15. The number of benzene rings is 2. The minimum atomic E-state index is -5.08. The second-order valence-corrected chi connectivity index (χ2v) is 8.13. The maximum Gasteiger partial charge on any atom is 0.490 e. The topological polar surface area (TPSA) is 143 Å². The zero-order valence-electron chi connectivity index (χ0n) is 15.1. The fourth-order valence-electron chi connectivity index (χ4n) is 1.80. The van der Waals surface area contributed by atoms with E-state index in [4.69, 9.17) is 25.8 Å². The van der Waals surface area contributed by atoms with Gasteiger partial charge in [-0.1, -0.05) is 28.1 Å². The number of alkyl halides is 3. The Kier molecular flexibility index (Phi) is 9.26. The number of sulfonamides is 1. The fourth-order valence-corrected chi connectivity index (χ4v) is 3.07. The summed E-state index contributed by atoms with van der Waals surface area (Å²) in [6, 6.07) is 13.1. The first-order chi connectivity index (χ1) is 13.8. The molecule has 13 heteroatoms. The highest BCUT2D eigenvalue weighted by atomic mass is 79.9. The third-order valence-corrected chi connectivity index (χ3v) is 5.18. The van der Waals surface area contributed by atoms with E-state index < -0.39 is 22.2 Å². The van der Waals surface area contributed by atoms with Crippen molar-refractivity contribution in [2.75, 3.05) is 13.2 Å². The Morgan fingerprint density at radius 2 is 1.77 bits per heavy atom. The number of nitrogens with two attached hydrogens (primary N) is 1. The van der Waals surface area contributed by atoms with E-state index in [0.29, 0.717) is 11.3 Å². The third-order valence-electron chi connectivity index (χ3n) is 3.17. The average molecular weight is 512 g/mol. The summed E-state index contributed by atoms with van der Waals surface area (Å²) in [4.78, 5) is 9.09. The van der Waals surface area contributed by atoms with Crippen LogP contribution in [0.2, 0.25) is 0 Å². The lowest BCUT2D eigenvalue weighted by molar-refractivity contribution is -0.192. The fraction of sp³-hybridized carbons (Fsp3) is 0.176. The average Bonchev–Trinajstić information content (AvgIpc) is 2.65. The molecule has 2 aromatic rings. The minimum absolute atomic E-state index is 0.0496. The van der Waals surface area contributed by atoms with E-state index in [-0.39, 0.29) is 23.9 Å². The monoisotopic (exact) mass is 511 g/mol. The Morgan fingerprint density at radius 3 is 2.27 bits per heavy atom. The molecule has 0 amide bonds. The zero-order valence-corrected chi connectivity index (χ0v) is 17.5. The number of carboxylic acids is 1. The number of carbonyl (C=O) groups is 1. The normalized spacial score (nSPS) is 11.2. The van der Waals surface area contributed by atoms with Crippen molar-refractivity contribution in [1.29, 1.82) is 5.41 Å². The Labute approximate surface area is 178 Å². The molecule has 0 unspecified atom stereocenters. The molecule has 0 atom stereocenters. The van der Waals surface area contributed by atoms with Crippen LogP contribution >= 0.6 is 15.9 Å². The molecule has 0 aromatic heterocycles. The molecule has 0 bridgehead atoms. The molecule has 8 nitrogen and oxygen atoms in total. The van der Waals surface area contributed by atoms with Crippen LogP contribution in [0.25, 0.3) is 0 Å². The van der Waals surface area contributed by atoms with Crippen molar-refractivity contribution in [3.8, 4) is 5.75 Å². The van der Waals surface area contributed by atoms with E-state index in [1.54, 1.807) is 36.4 Å². The van der Waals surface area contributed by atoms with Gasteiger partial charge in [0.25, 0.3) is 0 Å². The van der Waals surface area contributed by atoms with Gasteiger partial charge in [-0.05, 0) is 36.4 Å². The van der Waals surface area contributed by atoms with Crippen LogP contribution in [0.4, 0.5) is 13.2 Å². The highest BCUT2D eigenvalue weighted by Gasteiger charge is 2.38. The summed E-state index contributed by atoms with van der Waals surface area (Å²) in [7, 11) is -3.56. The van der Waals surface area contributed by atoms with E-state index in [1.807, 2.05) is 0 Å². The summed E-state index contributed by atoms with van der Waals surface area (Å²) >= 11 is 3.26. The third kappa shape index (κ3) is 8.80. The predicted molar refractivity (Wildman–Crippen MR) is 106 cm³/mol. The largest absolute Gasteiger partial charge is 0.492 e. The van der Waals surface area contributed by atoms with Crippen LogP contribution in [-0.4, -0.2) is 44.7 Å². The first-order valence-electron chi connectivity index (χ1n) is 7.95. The van der Waals surface area contributed by atoms with Crippen molar-refractivity contribution < 1.29 is 36.2 Å². The Bertz CT molecular complexity index is 983. The highest BCUT2D eigenvalue weighted by molar-refractivity contribution is 9.10. The lowest BCUT2D eigenvalue weighted by Crippen LogP contribution is -2.28. The van der Waals surface area contributed by atoms with Gasteiger partial charge in [-0.2, -0.15) is 13.2 Å². The molecule has 2 aromatic carbocycles. The Balaban J connectivity index is 0.000000553. The maximum absolute atomic E-state index is 12.1. The molecule has 0 saturated heterocycles. The predicted octanol–water partition coefficient (Wildman–Crippen LogP) is 2.72. The second-order valence-electron chi connectivity index (χ2n) is 5.44. The van der Waals surface area contributed by atoms with Crippen molar-refractivity contribution in [2.24, 2.45) is 5.73 Å². The lowest BCUT2D eigenvalue weighted by atomic mass is 10.2. The summed E-state index contributed by atoms with van der Waals surface area (Å²) in [6.07, 6.45) is -5.08. The van der Waals surface area contributed by atoms with Crippen LogP contribution in [0, 0.1) is 5.41 Å². The molecule has 0 aliphatic rings. The minimum Gasteiger partial charge on any atom is -0.492 e. The zero-order chi connectivity index (χ0) is 22.9. The molecule has 0 spiro atoms. The number of rotatable bonds is 7. The van der Waals surface area contributed by atoms with Gasteiger partial charge in [-0.25, -0.2) is 17.9 Å². The molecule has 0 saturated carbocycles. The van der Waals surface area contributed by atoms with Crippen molar-refractivity contribution in [3.05, 3.63) is 58.6 Å². The quantitative estimate of drug-likeness (QED) is 0.255. The molecular weight excluding hydrogens is 495 g/mol. The first-order valence-corrected chi connectivity index (χ1v) is 10.2. The van der Waals surface area contributed by atoms with Gasteiger partial charge in [0.05, 0.1) is 4.90 Å². The van der Waals surface area contributed by atoms with Crippen molar-refractivity contribution in [2.45, 2.75) is 11.1 Å². The summed E-state index contributed by atoms with van der Waals surface area (Å²) in [5.41, 5.74) is 5.96. The second kappa shape index (κ2) is 10.9. The SMILES string of the molecule is N=C(N)c1cccc(OCCNS(=O)(=O)c2ccc(Br)cc2)c1.O=C(O)C(F)(F)F. The van der Waals surface area contributed by atoms with E-state index in [9.17, 15) is 21.6 Å². The molecule has 0 radical (unpaired) electrons. The van der Waals surface area contributed by atoms with Crippen molar-refractivity contribution in [1.82, 2.24) is 4.72 Å². The van der Waals surface area contributed by atoms with Crippen LogP contribution < -0.4 is 15.2 Å². The summed E-state index contributed by atoms with van der Waals surface area (Å²) < 4.78 is 64.6. The van der Waals surface area contributed by atoms with E-state index in [0.717, 1.165) is 4.47 Å². The molecule has 5 N–H and O–H groups in total. The number of aliphatic carboxylic acids is 1. The van der Waals surface area contributed by atoms with Gasteiger partial charge in [0.1, 0.15) is 18.2 Å². The maximum atomic E-state index is 12.1. The van der Waals surface area contributed by atoms with Crippen LogP contribution in [-0.2, 0) is 14.8 Å². The number of nitrogens with one attached hydrogen (secondary N) is 2. The molecule has 0 fully saturated rings. The van der Waals surface area contributed by atoms with E-state index in [2.05, 4.69) is 20.7 Å². The van der Waals surface area contributed by atoms with Crippen molar-refractivity contribution in [3.63, 3.8) is 0 Å². The van der Waals surface area contributed by atoms with E-state index >= 15 is 0 Å². The van der Waals surface area contributed by atoms with Gasteiger partial charge < -0.3 is 15.6 Å². The molecule has 2 rings (SSSR count). The first kappa shape index (κ1) is 25.4. The van der Waals surface area contributed by atoms with Crippen LogP contribution in [0.3, 0.4) is 0 Å². The molecular formula is C17H17BrF3N3O5S. The summed E-state index contributed by atoms with van der Waals surface area (Å²) in [6.45, 7) is 0.291. The Hall–Kier alpha value is -2.64. The van der Waals surface area contributed by atoms with E-state index in [1.165, 1.54) is 12.1 Å². The molecule has 0 heterocycles. The number of amidine groups is 1. The molecule has 164 valence electrons. The number of hydrogen-bond acceptors (Lipinski definition) is 5. The molecule has 0 aliphatic heterocycles. The molecule has 0 aliphatic carbocycles. The van der Waals surface area contributed by atoms with Gasteiger partial charge in [-0.15, -0.1) is 0 Å². The standard InChI is InChI=1S/C15H16BrN3O3S.C2HF3O2/c16-12-4-6-14(7-5-12)23(20,21)19-8-9-22-13-3-1-2-11(10-13)15(17)18;3-2(4,5)1(6)7/h1-7,10,19H,8-9H2,(H3,17,18);(H,6,7). The van der Waals surface area contributed by atoms with Crippen LogP contribution in [0.5, 0.6) is 5.75 Å². The number of ether oxygens (including phenoxy) is 1. The van der Waals surface area contributed by atoms with Crippen LogP contribution in [0.1, 0.15) is 5.56 Å².